The normalized spacial score (nSPS) is 22.0. The van der Waals surface area contributed by atoms with E-state index in [2.05, 4.69) is 14.8 Å². The minimum atomic E-state index is -4.72. The third-order valence-corrected chi connectivity index (χ3v) is 3.30. The highest BCUT2D eigenvalue weighted by Gasteiger charge is 2.32. The van der Waals surface area contributed by atoms with E-state index in [4.69, 9.17) is 4.74 Å². The van der Waals surface area contributed by atoms with Gasteiger partial charge < -0.3 is 19.5 Å². The number of halogens is 3. The summed E-state index contributed by atoms with van der Waals surface area (Å²) < 4.78 is 50.2. The zero-order chi connectivity index (χ0) is 16.2. The predicted octanol–water partition coefficient (Wildman–Crippen LogP) is 2.81. The Morgan fingerprint density at radius 2 is 2.09 bits per heavy atom. The lowest BCUT2D eigenvalue weighted by Crippen LogP contribution is -2.40. The monoisotopic (exact) mass is 319 g/mol. The van der Waals surface area contributed by atoms with Gasteiger partial charge in [0.15, 0.2) is 0 Å². The Morgan fingerprint density at radius 3 is 2.77 bits per heavy atom. The van der Waals surface area contributed by atoms with Crippen LogP contribution < -0.4 is 10.1 Å². The smallest absolute Gasteiger partial charge is 0.438 e. The molecule has 1 aromatic carbocycles. The number of piperidine rings is 1. The van der Waals surface area contributed by atoms with Gasteiger partial charge >= 0.3 is 12.5 Å². The molecule has 0 amide bonds. The molecule has 0 spiro atoms. The fourth-order valence-corrected chi connectivity index (χ4v) is 2.40. The lowest BCUT2D eigenvalue weighted by atomic mass is 9.90. The second kappa shape index (κ2) is 6.87. The highest BCUT2D eigenvalue weighted by atomic mass is 19.4. The molecule has 0 bridgehead atoms. The number of benzene rings is 1. The molecule has 2 atom stereocenters. The number of carbonyl (C=O) groups excluding carboxylic acids is 1. The van der Waals surface area contributed by atoms with Crippen molar-refractivity contribution in [3.8, 4) is 5.75 Å². The maximum atomic E-state index is 12.3. The van der Waals surface area contributed by atoms with Gasteiger partial charge in [-0.05, 0) is 24.1 Å². The first-order chi connectivity index (χ1) is 10.4. The van der Waals surface area contributed by atoms with E-state index in [-0.39, 0.29) is 11.7 Å². The summed E-state index contributed by atoms with van der Waals surface area (Å²) in [7, 11) is 1.22. The number of methoxy groups -OCH3 is 1. The first-order valence-corrected chi connectivity index (χ1v) is 6.68. The summed E-state index contributed by atoms with van der Waals surface area (Å²) in [6, 6.07) is 5.81. The highest BCUT2D eigenvalue weighted by Crippen LogP contribution is 2.29. The number of carbonyl (C=O) groups is 1. The van der Waals surface area contributed by atoms with Crippen molar-refractivity contribution in [1.82, 2.24) is 5.32 Å². The summed E-state index contributed by atoms with van der Waals surface area (Å²) in [4.78, 5) is 11.1. The van der Waals surface area contributed by atoms with Crippen molar-refractivity contribution >= 4 is 6.16 Å². The van der Waals surface area contributed by atoms with Crippen molar-refractivity contribution in [3.05, 3.63) is 29.8 Å². The molecule has 2 rings (SSSR count). The molecule has 1 saturated heterocycles. The summed E-state index contributed by atoms with van der Waals surface area (Å²) in [5.74, 6) is -0.346. The Bertz CT molecular complexity index is 521. The summed E-state index contributed by atoms with van der Waals surface area (Å²) in [6.07, 6.45) is -5.39. The molecule has 0 radical (unpaired) electrons. The van der Waals surface area contributed by atoms with Gasteiger partial charge in [-0.15, -0.1) is 13.2 Å². The Labute approximate surface area is 125 Å². The molecule has 1 heterocycles. The Morgan fingerprint density at radius 1 is 1.32 bits per heavy atom. The predicted molar refractivity (Wildman–Crippen MR) is 70.6 cm³/mol. The fourth-order valence-electron chi connectivity index (χ4n) is 2.40. The van der Waals surface area contributed by atoms with Gasteiger partial charge in [-0.25, -0.2) is 4.79 Å². The summed E-state index contributed by atoms with van der Waals surface area (Å²) in [5.41, 5.74) is 0.687. The van der Waals surface area contributed by atoms with Crippen molar-refractivity contribution in [2.24, 2.45) is 0 Å². The zero-order valence-corrected chi connectivity index (χ0v) is 11.9. The molecule has 1 fully saturated rings. The third kappa shape index (κ3) is 4.80. The van der Waals surface area contributed by atoms with Gasteiger partial charge in [0.25, 0.3) is 0 Å². The number of rotatable bonds is 3. The molecular weight excluding hydrogens is 303 g/mol. The average molecular weight is 319 g/mol. The molecule has 0 aliphatic carbocycles. The minimum absolute atomic E-state index is 0.0832. The highest BCUT2D eigenvalue weighted by molar-refractivity contribution is 5.59. The standard InChI is InChI=1S/C14H16F3NO4/c1-20-13(19)21-12-6-10(7-18-8-12)9-3-2-4-11(5-9)22-14(15,16)17/h2-5,10,12,18H,6-8H2,1H3. The van der Waals surface area contributed by atoms with Crippen LogP contribution in [0.2, 0.25) is 0 Å². The van der Waals surface area contributed by atoms with E-state index in [1.54, 1.807) is 6.07 Å². The molecule has 0 saturated carbocycles. The maximum Gasteiger partial charge on any atom is 0.573 e. The van der Waals surface area contributed by atoms with Crippen LogP contribution in [0.1, 0.15) is 17.9 Å². The van der Waals surface area contributed by atoms with Crippen LogP contribution in [-0.2, 0) is 9.47 Å². The lowest BCUT2D eigenvalue weighted by Gasteiger charge is -2.29. The summed E-state index contributed by atoms with van der Waals surface area (Å²) in [6.45, 7) is 1.06. The largest absolute Gasteiger partial charge is 0.573 e. The van der Waals surface area contributed by atoms with Crippen LogP contribution in [0.3, 0.4) is 0 Å². The van der Waals surface area contributed by atoms with E-state index in [0.717, 1.165) is 0 Å². The van der Waals surface area contributed by atoms with E-state index in [1.165, 1.54) is 25.3 Å². The Balaban J connectivity index is 2.04. The van der Waals surface area contributed by atoms with E-state index < -0.39 is 18.6 Å². The van der Waals surface area contributed by atoms with E-state index in [1.807, 2.05) is 0 Å². The van der Waals surface area contributed by atoms with Gasteiger partial charge in [0.2, 0.25) is 0 Å². The molecule has 22 heavy (non-hydrogen) atoms. The molecule has 1 N–H and O–H groups in total. The van der Waals surface area contributed by atoms with Crippen molar-refractivity contribution in [2.75, 3.05) is 20.2 Å². The summed E-state index contributed by atoms with van der Waals surface area (Å²) >= 11 is 0. The third-order valence-electron chi connectivity index (χ3n) is 3.30. The average Bonchev–Trinajstić information content (AvgIpc) is 2.46. The minimum Gasteiger partial charge on any atom is -0.438 e. The first-order valence-electron chi connectivity index (χ1n) is 6.68. The van der Waals surface area contributed by atoms with Crippen LogP contribution in [-0.4, -0.2) is 38.8 Å². The van der Waals surface area contributed by atoms with Crippen LogP contribution >= 0.6 is 0 Å². The van der Waals surface area contributed by atoms with Crippen molar-refractivity contribution in [1.29, 1.82) is 0 Å². The number of nitrogens with one attached hydrogen (secondary N) is 1. The molecule has 1 aliphatic rings. The van der Waals surface area contributed by atoms with Gasteiger partial charge in [0, 0.05) is 19.0 Å². The van der Waals surface area contributed by atoms with Crippen LogP contribution in [0.5, 0.6) is 5.75 Å². The zero-order valence-electron chi connectivity index (χ0n) is 11.9. The van der Waals surface area contributed by atoms with Crippen LogP contribution in [0.25, 0.3) is 0 Å². The molecular formula is C14H16F3NO4. The second-order valence-electron chi connectivity index (χ2n) is 4.91. The quantitative estimate of drug-likeness (QED) is 0.868. The fraction of sp³-hybridized carbons (Fsp3) is 0.500. The van der Waals surface area contributed by atoms with Gasteiger partial charge in [0.05, 0.1) is 7.11 Å². The lowest BCUT2D eigenvalue weighted by molar-refractivity contribution is -0.274. The molecule has 122 valence electrons. The SMILES string of the molecule is COC(=O)OC1CNCC(c2cccc(OC(F)(F)F)c2)C1. The van der Waals surface area contributed by atoms with E-state index >= 15 is 0 Å². The van der Waals surface area contributed by atoms with Gasteiger partial charge in [-0.2, -0.15) is 0 Å². The first kappa shape index (κ1) is 16.4. The molecule has 1 aliphatic heterocycles. The number of alkyl halides is 3. The number of hydrogen-bond donors (Lipinski definition) is 1. The topological polar surface area (TPSA) is 56.8 Å². The molecule has 1 aromatic rings. The van der Waals surface area contributed by atoms with E-state index in [9.17, 15) is 18.0 Å². The van der Waals surface area contributed by atoms with Crippen molar-refractivity contribution in [3.63, 3.8) is 0 Å². The Kier molecular flexibility index (Phi) is 5.12. The Hall–Kier alpha value is -1.96. The van der Waals surface area contributed by atoms with Crippen molar-refractivity contribution < 1.29 is 32.2 Å². The van der Waals surface area contributed by atoms with Crippen LogP contribution in [0.4, 0.5) is 18.0 Å². The number of ether oxygens (including phenoxy) is 3. The molecule has 8 heteroatoms. The summed E-state index contributed by atoms with van der Waals surface area (Å²) in [5, 5.41) is 3.08. The second-order valence-corrected chi connectivity index (χ2v) is 4.91. The molecule has 5 nitrogen and oxygen atoms in total. The van der Waals surface area contributed by atoms with E-state index in [0.29, 0.717) is 25.1 Å². The van der Waals surface area contributed by atoms with Crippen LogP contribution in [0, 0.1) is 0 Å². The van der Waals surface area contributed by atoms with Crippen LogP contribution in [0.15, 0.2) is 24.3 Å². The molecule has 0 aromatic heterocycles. The maximum absolute atomic E-state index is 12.3. The molecule has 2 unspecified atom stereocenters. The van der Waals surface area contributed by atoms with Gasteiger partial charge in [-0.1, -0.05) is 12.1 Å². The van der Waals surface area contributed by atoms with Gasteiger partial charge in [-0.3, -0.25) is 0 Å². The number of hydrogen-bond acceptors (Lipinski definition) is 5. The van der Waals surface area contributed by atoms with Crippen molar-refractivity contribution in [2.45, 2.75) is 24.8 Å². The van der Waals surface area contributed by atoms with Gasteiger partial charge in [0.1, 0.15) is 11.9 Å².